The van der Waals surface area contributed by atoms with Crippen LogP contribution in [0.15, 0.2) is 64.6 Å². The van der Waals surface area contributed by atoms with Crippen LogP contribution >= 0.6 is 11.3 Å². The van der Waals surface area contributed by atoms with Crippen molar-refractivity contribution in [3.63, 3.8) is 0 Å². The summed E-state index contributed by atoms with van der Waals surface area (Å²) in [6.07, 6.45) is 4.15. The summed E-state index contributed by atoms with van der Waals surface area (Å²) in [6, 6.07) is 16.1. The second-order valence-corrected chi connectivity index (χ2v) is 8.41. The lowest BCUT2D eigenvalue weighted by atomic mass is 10.0. The van der Waals surface area contributed by atoms with Crippen LogP contribution in [0.1, 0.15) is 36.3 Å². The van der Waals surface area contributed by atoms with Gasteiger partial charge in [0.15, 0.2) is 0 Å². The van der Waals surface area contributed by atoms with Crippen LogP contribution < -0.4 is 4.74 Å². The third-order valence-electron chi connectivity index (χ3n) is 5.08. The fourth-order valence-electron chi connectivity index (χ4n) is 3.66. The second-order valence-electron chi connectivity index (χ2n) is 7.41. The minimum Gasteiger partial charge on any atom is -0.489 e. The number of carbonyl (C=O) groups is 1. The Balaban J connectivity index is 1.58. The first-order valence-electron chi connectivity index (χ1n) is 10.6. The summed E-state index contributed by atoms with van der Waals surface area (Å²) in [5.74, 6) is 0.450. The normalized spacial score (nSPS) is 11.0. The molecule has 0 radical (unpaired) electrons. The van der Waals surface area contributed by atoms with Crippen LogP contribution in [0.5, 0.6) is 5.75 Å². The number of hydrogen-bond acceptors (Lipinski definition) is 5. The molecule has 0 saturated carbocycles. The van der Waals surface area contributed by atoms with Gasteiger partial charge >= 0.3 is 5.97 Å². The molecule has 0 spiro atoms. The van der Waals surface area contributed by atoms with E-state index in [1.165, 1.54) is 10.4 Å². The van der Waals surface area contributed by atoms with Gasteiger partial charge in [0.25, 0.3) is 0 Å². The van der Waals surface area contributed by atoms with Gasteiger partial charge in [-0.05, 0) is 60.2 Å². The molecule has 0 aliphatic rings. The molecule has 0 unspecified atom stereocenters. The van der Waals surface area contributed by atoms with E-state index in [0.29, 0.717) is 19.0 Å². The Morgan fingerprint density at radius 1 is 1.10 bits per heavy atom. The molecule has 0 aliphatic carbocycles. The molecule has 0 atom stereocenters. The first-order valence-corrected chi connectivity index (χ1v) is 11.5. The van der Waals surface area contributed by atoms with E-state index in [4.69, 9.17) is 13.9 Å². The molecule has 4 aromatic rings. The number of carbonyl (C=O) groups excluding carboxylic acids is 1. The Hall–Kier alpha value is -3.05. The van der Waals surface area contributed by atoms with Gasteiger partial charge < -0.3 is 13.9 Å². The van der Waals surface area contributed by atoms with Gasteiger partial charge in [-0.1, -0.05) is 31.5 Å². The van der Waals surface area contributed by atoms with Gasteiger partial charge in [-0.3, -0.25) is 4.79 Å². The maximum Gasteiger partial charge on any atom is 0.310 e. The molecule has 0 fully saturated rings. The quantitative estimate of drug-likeness (QED) is 0.272. The lowest BCUT2D eigenvalue weighted by Gasteiger charge is -2.12. The molecule has 4 rings (SSSR count). The fourth-order valence-corrected chi connectivity index (χ4v) is 4.65. The van der Waals surface area contributed by atoms with Gasteiger partial charge in [0.05, 0.1) is 19.3 Å². The number of fused-ring (bicyclic) bond motifs is 1. The van der Waals surface area contributed by atoms with Crippen molar-refractivity contribution >= 4 is 28.3 Å². The zero-order valence-corrected chi connectivity index (χ0v) is 18.7. The number of ether oxygens (including phenoxy) is 2. The van der Waals surface area contributed by atoms with Crippen LogP contribution in [0.3, 0.4) is 0 Å². The number of aryl methyl sites for hydroxylation is 1. The van der Waals surface area contributed by atoms with Crippen LogP contribution in [0.25, 0.3) is 22.1 Å². The summed E-state index contributed by atoms with van der Waals surface area (Å²) < 4.78 is 17.0. The van der Waals surface area contributed by atoms with E-state index < -0.39 is 0 Å². The first kappa shape index (κ1) is 21.2. The average molecular weight is 435 g/mol. The highest BCUT2D eigenvalue weighted by Crippen LogP contribution is 2.34. The predicted molar refractivity (Wildman–Crippen MR) is 125 cm³/mol. The zero-order chi connectivity index (χ0) is 21.6. The summed E-state index contributed by atoms with van der Waals surface area (Å²) in [7, 11) is 0. The number of rotatable bonds is 9. The van der Waals surface area contributed by atoms with Crippen molar-refractivity contribution in [2.75, 3.05) is 6.61 Å². The SMILES string of the molecule is CCCc1cc(-c2cc(COc3ccccc3CC(=O)OCC)cc3ccoc23)cs1. The van der Waals surface area contributed by atoms with E-state index in [9.17, 15) is 4.79 Å². The van der Waals surface area contributed by atoms with Crippen molar-refractivity contribution in [1.29, 1.82) is 0 Å². The molecule has 5 heteroatoms. The summed E-state index contributed by atoms with van der Waals surface area (Å²) in [5.41, 5.74) is 5.04. The lowest BCUT2D eigenvalue weighted by molar-refractivity contribution is -0.142. The third kappa shape index (κ3) is 5.00. The first-order chi connectivity index (χ1) is 15.2. The van der Waals surface area contributed by atoms with Crippen molar-refractivity contribution < 1.29 is 18.7 Å². The Bertz CT molecular complexity index is 1170. The van der Waals surface area contributed by atoms with Crippen molar-refractivity contribution in [1.82, 2.24) is 0 Å². The van der Waals surface area contributed by atoms with Gasteiger partial charge in [0, 0.05) is 21.4 Å². The molecule has 0 aliphatic heterocycles. The third-order valence-corrected chi connectivity index (χ3v) is 6.08. The number of hydrogen-bond donors (Lipinski definition) is 0. The summed E-state index contributed by atoms with van der Waals surface area (Å²) in [6.45, 7) is 4.78. The summed E-state index contributed by atoms with van der Waals surface area (Å²) in [5, 5.41) is 3.25. The van der Waals surface area contributed by atoms with Gasteiger partial charge in [-0.25, -0.2) is 0 Å². The Morgan fingerprint density at radius 3 is 2.81 bits per heavy atom. The molecular formula is C26H26O4S. The van der Waals surface area contributed by atoms with Crippen LogP contribution in [0.2, 0.25) is 0 Å². The molecule has 160 valence electrons. The average Bonchev–Trinajstić information content (AvgIpc) is 3.42. The van der Waals surface area contributed by atoms with E-state index in [2.05, 4.69) is 30.5 Å². The number of thiophene rings is 1. The van der Waals surface area contributed by atoms with Gasteiger partial charge in [-0.15, -0.1) is 11.3 Å². The Kier molecular flexibility index (Phi) is 6.73. The molecule has 0 bridgehead atoms. The molecule has 31 heavy (non-hydrogen) atoms. The topological polar surface area (TPSA) is 48.7 Å². The number of esters is 1. The van der Waals surface area contributed by atoms with E-state index >= 15 is 0 Å². The largest absolute Gasteiger partial charge is 0.489 e. The Labute approximate surface area is 186 Å². The van der Waals surface area contributed by atoms with Crippen LogP contribution in [0, 0.1) is 0 Å². The van der Waals surface area contributed by atoms with E-state index in [1.807, 2.05) is 37.3 Å². The van der Waals surface area contributed by atoms with E-state index in [-0.39, 0.29) is 12.4 Å². The minimum atomic E-state index is -0.249. The lowest BCUT2D eigenvalue weighted by Crippen LogP contribution is -2.09. The van der Waals surface area contributed by atoms with Crippen molar-refractivity contribution in [3.8, 4) is 16.9 Å². The zero-order valence-electron chi connectivity index (χ0n) is 17.9. The van der Waals surface area contributed by atoms with Gasteiger partial charge in [0.2, 0.25) is 0 Å². The standard InChI is InChI=1S/C26H26O4S/c1-3-7-22-14-21(17-31-22)23-13-18(12-20-10-11-29-26(20)23)16-30-24-9-6-5-8-19(24)15-25(27)28-4-2/h5-6,8-14,17H,3-4,7,15-16H2,1-2H3. The van der Waals surface area contributed by atoms with Crippen LogP contribution in [-0.4, -0.2) is 12.6 Å². The Morgan fingerprint density at radius 2 is 1.97 bits per heavy atom. The number of para-hydroxylation sites is 1. The van der Waals surface area contributed by atoms with Crippen molar-refractivity contribution in [2.24, 2.45) is 0 Å². The number of benzene rings is 2. The molecule has 2 heterocycles. The van der Waals surface area contributed by atoms with Crippen molar-refractivity contribution in [3.05, 3.63) is 76.2 Å². The maximum absolute atomic E-state index is 11.9. The van der Waals surface area contributed by atoms with Crippen LogP contribution in [-0.2, 0) is 29.0 Å². The highest BCUT2D eigenvalue weighted by molar-refractivity contribution is 7.10. The van der Waals surface area contributed by atoms with Crippen LogP contribution in [0.4, 0.5) is 0 Å². The second kappa shape index (κ2) is 9.84. The molecule has 0 N–H and O–H groups in total. The molecule has 0 saturated heterocycles. The maximum atomic E-state index is 11.9. The monoisotopic (exact) mass is 434 g/mol. The highest BCUT2D eigenvalue weighted by Gasteiger charge is 2.13. The molecule has 2 aromatic heterocycles. The molecule has 0 amide bonds. The summed E-state index contributed by atoms with van der Waals surface area (Å²) >= 11 is 1.79. The minimum absolute atomic E-state index is 0.200. The summed E-state index contributed by atoms with van der Waals surface area (Å²) in [4.78, 5) is 13.3. The molecule has 2 aromatic carbocycles. The van der Waals surface area contributed by atoms with E-state index in [0.717, 1.165) is 40.5 Å². The van der Waals surface area contributed by atoms with Gasteiger partial charge in [0.1, 0.15) is 17.9 Å². The predicted octanol–water partition coefficient (Wildman–Crippen LogP) is 6.80. The van der Waals surface area contributed by atoms with E-state index in [1.54, 1.807) is 17.6 Å². The number of furan rings is 1. The smallest absolute Gasteiger partial charge is 0.310 e. The fraction of sp³-hybridized carbons (Fsp3) is 0.269. The molecule has 4 nitrogen and oxygen atoms in total. The highest BCUT2D eigenvalue weighted by atomic mass is 32.1. The van der Waals surface area contributed by atoms with Crippen molar-refractivity contribution in [2.45, 2.75) is 39.7 Å². The molecular weight excluding hydrogens is 408 g/mol. The van der Waals surface area contributed by atoms with Gasteiger partial charge in [-0.2, -0.15) is 0 Å².